The fraction of sp³-hybridized carbons (Fsp3) is 0.273. The van der Waals surface area contributed by atoms with Gasteiger partial charge >= 0.3 is 0 Å². The third-order valence-corrected chi connectivity index (χ3v) is 4.66. The summed E-state index contributed by atoms with van der Waals surface area (Å²) >= 11 is 0. The maximum atomic E-state index is 12.4. The molecule has 0 bridgehead atoms. The molecule has 0 unspecified atom stereocenters. The summed E-state index contributed by atoms with van der Waals surface area (Å²) < 4.78 is 0. The van der Waals surface area contributed by atoms with Crippen molar-refractivity contribution in [2.24, 2.45) is 0 Å². The highest BCUT2D eigenvalue weighted by Gasteiger charge is 2.17. The van der Waals surface area contributed by atoms with Crippen molar-refractivity contribution < 1.29 is 9.59 Å². The van der Waals surface area contributed by atoms with Gasteiger partial charge in [-0.25, -0.2) is 0 Å². The first-order chi connectivity index (χ1) is 13.1. The normalized spacial score (nSPS) is 15.7. The van der Waals surface area contributed by atoms with Gasteiger partial charge in [0.2, 0.25) is 5.91 Å². The lowest BCUT2D eigenvalue weighted by molar-refractivity contribution is -0.111. The molecule has 1 aliphatic rings. The molecule has 1 N–H and O–H groups in total. The van der Waals surface area contributed by atoms with E-state index in [1.807, 2.05) is 30.3 Å². The monoisotopic (exact) mass is 363 g/mol. The van der Waals surface area contributed by atoms with Crippen molar-refractivity contribution in [3.63, 3.8) is 0 Å². The highest BCUT2D eigenvalue weighted by atomic mass is 16.1. The van der Waals surface area contributed by atoms with Crippen LogP contribution in [0.3, 0.4) is 0 Å². The Morgan fingerprint density at radius 3 is 2.30 bits per heavy atom. The Labute approximate surface area is 160 Å². The second kappa shape index (κ2) is 9.26. The number of nitrogens with zero attached hydrogens (tertiary/aromatic N) is 2. The van der Waals surface area contributed by atoms with Crippen LogP contribution in [0.25, 0.3) is 6.08 Å². The second-order valence-electron chi connectivity index (χ2n) is 6.81. The number of rotatable bonds is 6. The lowest BCUT2D eigenvalue weighted by Gasteiger charge is -2.31. The molecule has 0 radical (unpaired) electrons. The average Bonchev–Trinajstić information content (AvgIpc) is 2.69. The number of amides is 1. The first kappa shape index (κ1) is 19.0. The largest absolute Gasteiger partial charge is 0.323 e. The smallest absolute Gasteiger partial charge is 0.248 e. The SMILES string of the molecule is CN1CCN(CC(=O)c2ccc(NC(=O)/C=C/c3ccccc3)cc2)CC1. The number of hydrogen-bond acceptors (Lipinski definition) is 4. The number of carbonyl (C=O) groups excluding carboxylic acids is 2. The van der Waals surface area contributed by atoms with E-state index in [1.54, 1.807) is 30.3 Å². The number of ketones is 1. The molecule has 1 heterocycles. The first-order valence-electron chi connectivity index (χ1n) is 9.18. The van der Waals surface area contributed by atoms with Crippen LogP contribution < -0.4 is 5.32 Å². The highest BCUT2D eigenvalue weighted by molar-refractivity contribution is 6.02. The third kappa shape index (κ3) is 5.88. The van der Waals surface area contributed by atoms with Gasteiger partial charge in [-0.3, -0.25) is 14.5 Å². The van der Waals surface area contributed by atoms with Crippen LogP contribution in [0.2, 0.25) is 0 Å². The van der Waals surface area contributed by atoms with Crippen molar-refractivity contribution in [2.75, 3.05) is 45.1 Å². The number of likely N-dealkylation sites (N-methyl/N-ethyl adjacent to an activating group) is 1. The molecule has 2 aromatic carbocycles. The first-order valence-corrected chi connectivity index (χ1v) is 9.18. The summed E-state index contributed by atoms with van der Waals surface area (Å²) in [5, 5.41) is 2.81. The fourth-order valence-electron chi connectivity index (χ4n) is 2.96. The molecule has 3 rings (SSSR count). The number of anilines is 1. The molecular weight excluding hydrogens is 338 g/mol. The molecule has 0 saturated carbocycles. The predicted octanol–water partition coefficient (Wildman–Crippen LogP) is 2.77. The number of nitrogens with one attached hydrogen (secondary N) is 1. The zero-order valence-corrected chi connectivity index (χ0v) is 15.6. The molecule has 0 aromatic heterocycles. The van der Waals surface area contributed by atoms with E-state index < -0.39 is 0 Å². The molecule has 1 aliphatic heterocycles. The molecular formula is C22H25N3O2. The van der Waals surface area contributed by atoms with Crippen LogP contribution >= 0.6 is 0 Å². The van der Waals surface area contributed by atoms with Gasteiger partial charge in [-0.15, -0.1) is 0 Å². The van der Waals surface area contributed by atoms with Crippen molar-refractivity contribution in [1.29, 1.82) is 0 Å². The van der Waals surface area contributed by atoms with E-state index in [4.69, 9.17) is 0 Å². The maximum absolute atomic E-state index is 12.4. The summed E-state index contributed by atoms with van der Waals surface area (Å²) in [5.74, 6) is -0.0863. The van der Waals surface area contributed by atoms with Crippen LogP contribution in [0.5, 0.6) is 0 Å². The molecule has 0 aliphatic carbocycles. The van der Waals surface area contributed by atoms with Crippen LogP contribution in [0.4, 0.5) is 5.69 Å². The van der Waals surface area contributed by atoms with E-state index in [0.29, 0.717) is 17.8 Å². The summed E-state index contributed by atoms with van der Waals surface area (Å²) in [4.78, 5) is 28.9. The minimum Gasteiger partial charge on any atom is -0.323 e. The fourth-order valence-corrected chi connectivity index (χ4v) is 2.96. The standard InChI is InChI=1S/C22H25N3O2/c1-24-13-15-25(16-14-24)17-21(26)19-8-10-20(11-9-19)23-22(27)12-7-18-5-3-2-4-6-18/h2-12H,13-17H2,1H3,(H,23,27)/b12-7+. The van der Waals surface area contributed by atoms with E-state index in [1.165, 1.54) is 6.08 Å². The van der Waals surface area contributed by atoms with E-state index in [9.17, 15) is 9.59 Å². The Morgan fingerprint density at radius 1 is 0.963 bits per heavy atom. The topological polar surface area (TPSA) is 52.6 Å². The van der Waals surface area contributed by atoms with E-state index in [0.717, 1.165) is 31.7 Å². The summed E-state index contributed by atoms with van der Waals surface area (Å²) in [7, 11) is 2.10. The van der Waals surface area contributed by atoms with Crippen molar-refractivity contribution in [1.82, 2.24) is 9.80 Å². The molecule has 1 fully saturated rings. The van der Waals surface area contributed by atoms with Gasteiger partial charge in [0, 0.05) is 43.5 Å². The van der Waals surface area contributed by atoms with Crippen molar-refractivity contribution in [2.45, 2.75) is 0 Å². The Bertz CT molecular complexity index is 792. The van der Waals surface area contributed by atoms with Crippen molar-refractivity contribution >= 4 is 23.5 Å². The average molecular weight is 363 g/mol. The summed E-state index contributed by atoms with van der Waals surface area (Å²) in [6.07, 6.45) is 3.27. The molecule has 1 amide bonds. The number of benzene rings is 2. The number of hydrogen-bond donors (Lipinski definition) is 1. The van der Waals surface area contributed by atoms with Crippen LogP contribution in [0.15, 0.2) is 60.7 Å². The van der Waals surface area contributed by atoms with Gasteiger partial charge in [-0.2, -0.15) is 0 Å². The van der Waals surface area contributed by atoms with Gasteiger partial charge in [0.1, 0.15) is 0 Å². The summed E-state index contributed by atoms with van der Waals surface area (Å²) in [5.41, 5.74) is 2.32. The summed E-state index contributed by atoms with van der Waals surface area (Å²) in [6, 6.07) is 16.7. The molecule has 0 spiro atoms. The van der Waals surface area contributed by atoms with E-state index >= 15 is 0 Å². The molecule has 0 atom stereocenters. The number of piperazine rings is 1. The molecule has 2 aromatic rings. The molecule has 27 heavy (non-hydrogen) atoms. The van der Waals surface area contributed by atoms with Gasteiger partial charge in [-0.1, -0.05) is 30.3 Å². The lowest BCUT2D eigenvalue weighted by atomic mass is 10.1. The Hall–Kier alpha value is -2.76. The van der Waals surface area contributed by atoms with Gasteiger partial charge < -0.3 is 10.2 Å². The maximum Gasteiger partial charge on any atom is 0.248 e. The van der Waals surface area contributed by atoms with Gasteiger partial charge in [-0.05, 0) is 43.0 Å². The number of carbonyl (C=O) groups is 2. The predicted molar refractivity (Wildman–Crippen MR) is 109 cm³/mol. The van der Waals surface area contributed by atoms with Crippen LogP contribution in [-0.2, 0) is 4.79 Å². The Kier molecular flexibility index (Phi) is 6.52. The molecule has 5 nitrogen and oxygen atoms in total. The zero-order chi connectivity index (χ0) is 19.1. The minimum absolute atomic E-state index is 0.112. The van der Waals surface area contributed by atoms with Crippen molar-refractivity contribution in [3.05, 3.63) is 71.8 Å². The van der Waals surface area contributed by atoms with Gasteiger partial charge in [0.25, 0.3) is 0 Å². The molecule has 1 saturated heterocycles. The highest BCUT2D eigenvalue weighted by Crippen LogP contribution is 2.12. The molecule has 5 heteroatoms. The van der Waals surface area contributed by atoms with Crippen molar-refractivity contribution in [3.8, 4) is 0 Å². The van der Waals surface area contributed by atoms with Gasteiger partial charge in [0.15, 0.2) is 5.78 Å². The summed E-state index contributed by atoms with van der Waals surface area (Å²) in [6.45, 7) is 4.27. The van der Waals surface area contributed by atoms with Crippen LogP contribution in [0.1, 0.15) is 15.9 Å². The minimum atomic E-state index is -0.199. The van der Waals surface area contributed by atoms with Gasteiger partial charge in [0.05, 0.1) is 6.54 Å². The lowest BCUT2D eigenvalue weighted by Crippen LogP contribution is -2.46. The Morgan fingerprint density at radius 2 is 1.63 bits per heavy atom. The van der Waals surface area contributed by atoms with E-state index in [2.05, 4.69) is 22.2 Å². The van der Waals surface area contributed by atoms with E-state index in [-0.39, 0.29) is 11.7 Å². The van der Waals surface area contributed by atoms with Crippen LogP contribution in [0, 0.1) is 0 Å². The number of Topliss-reactive ketones (excluding diaryl/α,β-unsaturated/α-hetero) is 1. The zero-order valence-electron chi connectivity index (χ0n) is 15.6. The quantitative estimate of drug-likeness (QED) is 0.633. The Balaban J connectivity index is 1.51. The third-order valence-electron chi connectivity index (χ3n) is 4.66. The van der Waals surface area contributed by atoms with Crippen LogP contribution in [-0.4, -0.2) is 61.3 Å². The second-order valence-corrected chi connectivity index (χ2v) is 6.81. The molecule has 140 valence electrons.